The van der Waals surface area contributed by atoms with E-state index in [9.17, 15) is 9.59 Å². The molecule has 1 aromatic rings. The summed E-state index contributed by atoms with van der Waals surface area (Å²) < 4.78 is 0. The SMILES string of the molecule is CCc1ccccc1NC=C(C(=O)O)C(=O)O. The number of rotatable bonds is 5. The second kappa shape index (κ2) is 5.69. The lowest BCUT2D eigenvalue weighted by Crippen LogP contribution is -2.13. The van der Waals surface area contributed by atoms with E-state index in [1.54, 1.807) is 12.1 Å². The van der Waals surface area contributed by atoms with Gasteiger partial charge >= 0.3 is 11.9 Å². The summed E-state index contributed by atoms with van der Waals surface area (Å²) in [5.41, 5.74) is 0.991. The molecule has 0 aliphatic carbocycles. The van der Waals surface area contributed by atoms with Gasteiger partial charge in [0, 0.05) is 11.9 Å². The van der Waals surface area contributed by atoms with E-state index >= 15 is 0 Å². The lowest BCUT2D eigenvalue weighted by Gasteiger charge is -2.07. The highest BCUT2D eigenvalue weighted by Crippen LogP contribution is 2.15. The van der Waals surface area contributed by atoms with E-state index in [1.165, 1.54) is 0 Å². The summed E-state index contributed by atoms with van der Waals surface area (Å²) >= 11 is 0. The second-order valence-corrected chi connectivity index (χ2v) is 3.32. The van der Waals surface area contributed by atoms with Crippen molar-refractivity contribution in [1.82, 2.24) is 0 Å². The van der Waals surface area contributed by atoms with Gasteiger partial charge in [-0.15, -0.1) is 0 Å². The molecule has 0 heterocycles. The molecule has 90 valence electrons. The summed E-state index contributed by atoms with van der Waals surface area (Å²) in [4.78, 5) is 21.3. The topological polar surface area (TPSA) is 86.6 Å². The number of carboxylic acids is 2. The monoisotopic (exact) mass is 235 g/mol. The number of nitrogens with one attached hydrogen (secondary N) is 1. The van der Waals surface area contributed by atoms with Crippen LogP contribution in [0.25, 0.3) is 0 Å². The summed E-state index contributed by atoms with van der Waals surface area (Å²) in [5, 5.41) is 20.0. The van der Waals surface area contributed by atoms with E-state index in [0.717, 1.165) is 18.2 Å². The fraction of sp³-hybridized carbons (Fsp3) is 0.167. The van der Waals surface area contributed by atoms with Crippen molar-refractivity contribution < 1.29 is 19.8 Å². The van der Waals surface area contributed by atoms with Crippen LogP contribution in [-0.2, 0) is 16.0 Å². The van der Waals surface area contributed by atoms with Crippen molar-refractivity contribution in [2.75, 3.05) is 5.32 Å². The van der Waals surface area contributed by atoms with Crippen molar-refractivity contribution in [3.8, 4) is 0 Å². The van der Waals surface area contributed by atoms with Crippen LogP contribution in [0.5, 0.6) is 0 Å². The van der Waals surface area contributed by atoms with E-state index < -0.39 is 17.5 Å². The number of aryl methyl sites for hydroxylation is 1. The molecule has 0 radical (unpaired) electrons. The maximum absolute atomic E-state index is 10.6. The number of aliphatic carboxylic acids is 2. The number of anilines is 1. The molecule has 0 amide bonds. The van der Waals surface area contributed by atoms with Crippen molar-refractivity contribution in [2.24, 2.45) is 0 Å². The van der Waals surface area contributed by atoms with Gasteiger partial charge in [0.2, 0.25) is 0 Å². The van der Waals surface area contributed by atoms with Crippen molar-refractivity contribution in [3.63, 3.8) is 0 Å². The summed E-state index contributed by atoms with van der Waals surface area (Å²) in [6.07, 6.45) is 1.76. The summed E-state index contributed by atoms with van der Waals surface area (Å²) in [5.74, 6) is -2.95. The van der Waals surface area contributed by atoms with Gasteiger partial charge in [-0.25, -0.2) is 9.59 Å². The first-order valence-electron chi connectivity index (χ1n) is 5.07. The lowest BCUT2D eigenvalue weighted by molar-refractivity contribution is -0.140. The smallest absolute Gasteiger partial charge is 0.344 e. The zero-order valence-corrected chi connectivity index (χ0v) is 9.30. The molecule has 5 nitrogen and oxygen atoms in total. The van der Waals surface area contributed by atoms with Crippen LogP contribution in [0.2, 0.25) is 0 Å². The highest BCUT2D eigenvalue weighted by Gasteiger charge is 2.15. The number of hydrogen-bond donors (Lipinski definition) is 3. The van der Waals surface area contributed by atoms with Gasteiger partial charge in [-0.2, -0.15) is 0 Å². The Balaban J connectivity index is 2.94. The molecule has 1 rings (SSSR count). The molecule has 0 atom stereocenters. The molecule has 0 bridgehead atoms. The zero-order chi connectivity index (χ0) is 12.8. The first-order valence-corrected chi connectivity index (χ1v) is 5.07. The third kappa shape index (κ3) is 3.34. The molecule has 0 aromatic heterocycles. The van der Waals surface area contributed by atoms with Crippen LogP contribution in [0.1, 0.15) is 12.5 Å². The number of benzene rings is 1. The van der Waals surface area contributed by atoms with E-state index in [1.807, 2.05) is 19.1 Å². The number of para-hydroxylation sites is 1. The van der Waals surface area contributed by atoms with Gasteiger partial charge in [0.1, 0.15) is 0 Å². The molecule has 0 unspecified atom stereocenters. The first-order chi connectivity index (χ1) is 8.06. The molecular weight excluding hydrogens is 222 g/mol. The molecule has 0 spiro atoms. The first kappa shape index (κ1) is 12.8. The second-order valence-electron chi connectivity index (χ2n) is 3.32. The molecule has 5 heteroatoms. The third-order valence-electron chi connectivity index (χ3n) is 2.23. The maximum Gasteiger partial charge on any atom is 0.344 e. The predicted molar refractivity (Wildman–Crippen MR) is 62.8 cm³/mol. The summed E-state index contributed by atoms with van der Waals surface area (Å²) in [6, 6.07) is 7.30. The number of carbonyl (C=O) groups is 2. The van der Waals surface area contributed by atoms with E-state index in [0.29, 0.717) is 5.69 Å². The van der Waals surface area contributed by atoms with Crippen LogP contribution in [0, 0.1) is 0 Å². The van der Waals surface area contributed by atoms with Gasteiger partial charge in [-0.05, 0) is 18.1 Å². The van der Waals surface area contributed by atoms with Crippen molar-refractivity contribution in [2.45, 2.75) is 13.3 Å². The van der Waals surface area contributed by atoms with Gasteiger partial charge < -0.3 is 15.5 Å². The van der Waals surface area contributed by atoms with Gasteiger partial charge in [-0.3, -0.25) is 0 Å². The Hall–Kier alpha value is -2.30. The van der Waals surface area contributed by atoms with Crippen LogP contribution >= 0.6 is 0 Å². The van der Waals surface area contributed by atoms with Crippen LogP contribution in [0.4, 0.5) is 5.69 Å². The molecule has 0 fully saturated rings. The van der Waals surface area contributed by atoms with E-state index in [4.69, 9.17) is 10.2 Å². The Labute approximate surface area is 98.4 Å². The Morgan fingerprint density at radius 1 is 1.24 bits per heavy atom. The van der Waals surface area contributed by atoms with Gasteiger partial charge in [0.25, 0.3) is 0 Å². The largest absolute Gasteiger partial charge is 0.477 e. The summed E-state index contributed by atoms with van der Waals surface area (Å²) in [7, 11) is 0. The fourth-order valence-corrected chi connectivity index (χ4v) is 1.33. The van der Waals surface area contributed by atoms with Gasteiger partial charge in [-0.1, -0.05) is 25.1 Å². The molecule has 0 saturated heterocycles. The van der Waals surface area contributed by atoms with Crippen LogP contribution in [0.15, 0.2) is 36.0 Å². The lowest BCUT2D eigenvalue weighted by atomic mass is 10.1. The van der Waals surface area contributed by atoms with Gasteiger partial charge in [0.05, 0.1) is 0 Å². The van der Waals surface area contributed by atoms with Crippen LogP contribution < -0.4 is 5.32 Å². The zero-order valence-electron chi connectivity index (χ0n) is 9.30. The molecular formula is C12H13NO4. The number of carboxylic acid groups (broad SMARTS) is 2. The Morgan fingerprint density at radius 3 is 2.35 bits per heavy atom. The third-order valence-corrected chi connectivity index (χ3v) is 2.23. The summed E-state index contributed by atoms with van der Waals surface area (Å²) in [6.45, 7) is 1.96. The molecule has 17 heavy (non-hydrogen) atoms. The van der Waals surface area contributed by atoms with E-state index in [-0.39, 0.29) is 0 Å². The average Bonchev–Trinajstić information content (AvgIpc) is 2.29. The molecule has 0 saturated carbocycles. The molecule has 3 N–H and O–H groups in total. The Kier molecular flexibility index (Phi) is 4.28. The molecule has 0 aliphatic rings. The molecule has 1 aromatic carbocycles. The highest BCUT2D eigenvalue weighted by atomic mass is 16.4. The molecule has 0 aliphatic heterocycles. The fourth-order valence-electron chi connectivity index (χ4n) is 1.33. The minimum absolute atomic E-state index is 0.698. The van der Waals surface area contributed by atoms with Gasteiger partial charge in [0.15, 0.2) is 5.57 Å². The van der Waals surface area contributed by atoms with Crippen molar-refractivity contribution in [3.05, 3.63) is 41.6 Å². The normalized spacial score (nSPS) is 9.47. The van der Waals surface area contributed by atoms with Crippen molar-refractivity contribution in [1.29, 1.82) is 0 Å². The quantitative estimate of drug-likeness (QED) is 0.411. The minimum Gasteiger partial charge on any atom is -0.477 e. The van der Waals surface area contributed by atoms with Crippen molar-refractivity contribution >= 4 is 17.6 Å². The van der Waals surface area contributed by atoms with E-state index in [2.05, 4.69) is 5.32 Å². The highest BCUT2D eigenvalue weighted by molar-refractivity contribution is 6.12. The average molecular weight is 235 g/mol. The predicted octanol–water partition coefficient (Wildman–Crippen LogP) is 1.71. The maximum atomic E-state index is 10.6. The Bertz CT molecular complexity index is 449. The number of hydrogen-bond acceptors (Lipinski definition) is 3. The minimum atomic E-state index is -1.47. The van der Waals surface area contributed by atoms with Crippen LogP contribution in [-0.4, -0.2) is 22.2 Å². The Morgan fingerprint density at radius 2 is 1.82 bits per heavy atom. The standard InChI is InChI=1S/C12H13NO4/c1-2-8-5-3-4-6-10(8)13-7-9(11(14)15)12(16)17/h3-7,13H,2H2,1H3,(H,14,15)(H,16,17). The van der Waals surface area contributed by atoms with Crippen LogP contribution in [0.3, 0.4) is 0 Å².